The number of hydrogen-bond donors (Lipinski definition) is 1. The second-order valence-electron chi connectivity index (χ2n) is 4.73. The monoisotopic (exact) mass is 311 g/mol. The van der Waals surface area contributed by atoms with Crippen LogP contribution in [-0.4, -0.2) is 54.0 Å². The van der Waals surface area contributed by atoms with Gasteiger partial charge >= 0.3 is 0 Å². The van der Waals surface area contributed by atoms with Crippen LogP contribution in [-0.2, 0) is 9.53 Å². The summed E-state index contributed by atoms with van der Waals surface area (Å²) in [6, 6.07) is 4.22. The van der Waals surface area contributed by atoms with Crippen LogP contribution in [0.4, 0.5) is 0 Å². The summed E-state index contributed by atoms with van der Waals surface area (Å²) in [6.45, 7) is 3.51. The fourth-order valence-electron chi connectivity index (χ4n) is 2.10. The van der Waals surface area contributed by atoms with Gasteiger partial charge in [-0.25, -0.2) is 4.98 Å². The van der Waals surface area contributed by atoms with Crippen LogP contribution in [0.5, 0.6) is 0 Å². The number of pyridine rings is 1. The largest absolute Gasteiger partial charge is 0.377 e. The number of nitrogens with one attached hydrogen (secondary N) is 1. The van der Waals surface area contributed by atoms with Crippen molar-refractivity contribution in [2.75, 3.05) is 26.3 Å². The van der Waals surface area contributed by atoms with E-state index in [1.165, 1.54) is 4.90 Å². The molecular weight excluding hydrogens is 294 g/mol. The molecule has 2 amide bonds. The first-order valence-corrected chi connectivity index (χ1v) is 7.30. The van der Waals surface area contributed by atoms with Crippen LogP contribution in [0, 0.1) is 0 Å². The number of rotatable bonds is 4. The molecule has 1 aromatic rings. The molecule has 2 heterocycles. The van der Waals surface area contributed by atoms with Crippen LogP contribution in [0.1, 0.15) is 23.8 Å². The molecule has 0 aliphatic carbocycles. The lowest BCUT2D eigenvalue weighted by molar-refractivity contribution is -0.130. The van der Waals surface area contributed by atoms with E-state index in [1.54, 1.807) is 18.2 Å². The van der Waals surface area contributed by atoms with E-state index in [1.807, 2.05) is 6.92 Å². The molecular formula is C14H18ClN3O3. The molecule has 1 fully saturated rings. The number of amides is 2. The van der Waals surface area contributed by atoms with Crippen molar-refractivity contribution in [1.29, 1.82) is 0 Å². The molecule has 21 heavy (non-hydrogen) atoms. The van der Waals surface area contributed by atoms with Crippen LogP contribution in [0.25, 0.3) is 0 Å². The standard InChI is InChI=1S/C14H18ClN3O3/c1-2-6-16-13(19)11-9-21-8-7-18(11)14(20)10-4-3-5-12(15)17-10/h3-5,11H,2,6-9H2,1H3,(H,16,19). The highest BCUT2D eigenvalue weighted by atomic mass is 35.5. The Hall–Kier alpha value is -1.66. The normalized spacial score (nSPS) is 18.4. The van der Waals surface area contributed by atoms with Gasteiger partial charge in [0.25, 0.3) is 5.91 Å². The third-order valence-electron chi connectivity index (χ3n) is 3.18. The Morgan fingerprint density at radius 2 is 2.33 bits per heavy atom. The zero-order valence-electron chi connectivity index (χ0n) is 11.8. The number of carbonyl (C=O) groups excluding carboxylic acids is 2. The first-order valence-electron chi connectivity index (χ1n) is 6.92. The molecule has 0 aromatic carbocycles. The number of hydrogen-bond acceptors (Lipinski definition) is 4. The van der Waals surface area contributed by atoms with E-state index in [0.29, 0.717) is 19.7 Å². The first kappa shape index (κ1) is 15.7. The van der Waals surface area contributed by atoms with Crippen molar-refractivity contribution in [1.82, 2.24) is 15.2 Å². The van der Waals surface area contributed by atoms with Crippen molar-refractivity contribution in [3.63, 3.8) is 0 Å². The summed E-state index contributed by atoms with van der Waals surface area (Å²) in [4.78, 5) is 30.1. The van der Waals surface area contributed by atoms with Crippen molar-refractivity contribution >= 4 is 23.4 Å². The Morgan fingerprint density at radius 1 is 1.52 bits per heavy atom. The van der Waals surface area contributed by atoms with Gasteiger partial charge in [0.05, 0.1) is 13.2 Å². The van der Waals surface area contributed by atoms with Crippen molar-refractivity contribution in [3.8, 4) is 0 Å². The number of morpholine rings is 1. The molecule has 7 heteroatoms. The van der Waals surface area contributed by atoms with Crippen LogP contribution in [0.3, 0.4) is 0 Å². The summed E-state index contributed by atoms with van der Waals surface area (Å²) < 4.78 is 5.32. The lowest BCUT2D eigenvalue weighted by Crippen LogP contribution is -2.56. The maximum Gasteiger partial charge on any atom is 0.273 e. The van der Waals surface area contributed by atoms with Gasteiger partial charge < -0.3 is 15.0 Å². The van der Waals surface area contributed by atoms with E-state index in [-0.39, 0.29) is 29.3 Å². The Bertz CT molecular complexity index is 524. The average Bonchev–Trinajstić information content (AvgIpc) is 2.52. The summed E-state index contributed by atoms with van der Waals surface area (Å²) in [7, 11) is 0. The highest BCUT2D eigenvalue weighted by Gasteiger charge is 2.33. The van der Waals surface area contributed by atoms with E-state index in [9.17, 15) is 9.59 Å². The second-order valence-corrected chi connectivity index (χ2v) is 5.11. The van der Waals surface area contributed by atoms with Crippen molar-refractivity contribution in [2.24, 2.45) is 0 Å². The van der Waals surface area contributed by atoms with Gasteiger partial charge in [-0.3, -0.25) is 9.59 Å². The highest BCUT2D eigenvalue weighted by Crippen LogP contribution is 2.13. The Morgan fingerprint density at radius 3 is 3.05 bits per heavy atom. The number of nitrogens with zero attached hydrogens (tertiary/aromatic N) is 2. The third kappa shape index (κ3) is 3.92. The van der Waals surface area contributed by atoms with Gasteiger partial charge in [0.1, 0.15) is 16.9 Å². The van der Waals surface area contributed by atoms with Gasteiger partial charge in [-0.05, 0) is 18.6 Å². The molecule has 1 N–H and O–H groups in total. The molecule has 1 unspecified atom stereocenters. The van der Waals surface area contributed by atoms with Crippen LogP contribution >= 0.6 is 11.6 Å². The summed E-state index contributed by atoms with van der Waals surface area (Å²) in [5.74, 6) is -0.510. The third-order valence-corrected chi connectivity index (χ3v) is 3.39. The van der Waals surface area contributed by atoms with Crippen LogP contribution in [0.2, 0.25) is 5.15 Å². The molecule has 1 aliphatic heterocycles. The summed E-state index contributed by atoms with van der Waals surface area (Å²) in [5.41, 5.74) is 0.234. The van der Waals surface area contributed by atoms with Gasteiger partial charge in [0.2, 0.25) is 5.91 Å². The Kier molecular flexibility index (Phi) is 5.52. The van der Waals surface area contributed by atoms with Crippen LogP contribution in [0.15, 0.2) is 18.2 Å². The van der Waals surface area contributed by atoms with Crippen LogP contribution < -0.4 is 5.32 Å². The minimum absolute atomic E-state index is 0.196. The number of carbonyl (C=O) groups is 2. The molecule has 1 aliphatic rings. The molecule has 2 rings (SSSR count). The number of halogens is 1. The second kappa shape index (κ2) is 7.38. The predicted molar refractivity (Wildman–Crippen MR) is 78.2 cm³/mol. The molecule has 1 saturated heterocycles. The fourth-order valence-corrected chi connectivity index (χ4v) is 2.27. The van der Waals surface area contributed by atoms with Crippen molar-refractivity contribution in [3.05, 3.63) is 29.0 Å². The molecule has 0 bridgehead atoms. The number of ether oxygens (including phenoxy) is 1. The smallest absolute Gasteiger partial charge is 0.273 e. The van der Waals surface area contributed by atoms with Gasteiger partial charge in [0, 0.05) is 13.1 Å². The minimum atomic E-state index is -0.626. The molecule has 6 nitrogen and oxygen atoms in total. The average molecular weight is 312 g/mol. The summed E-state index contributed by atoms with van der Waals surface area (Å²) >= 11 is 5.81. The van der Waals surface area contributed by atoms with Gasteiger partial charge in [-0.2, -0.15) is 0 Å². The van der Waals surface area contributed by atoms with E-state index < -0.39 is 6.04 Å². The van der Waals surface area contributed by atoms with E-state index in [0.717, 1.165) is 6.42 Å². The van der Waals surface area contributed by atoms with Crippen molar-refractivity contribution in [2.45, 2.75) is 19.4 Å². The maximum atomic E-state index is 12.5. The molecule has 0 saturated carbocycles. The fraction of sp³-hybridized carbons (Fsp3) is 0.500. The molecule has 0 spiro atoms. The lowest BCUT2D eigenvalue weighted by Gasteiger charge is -2.34. The maximum absolute atomic E-state index is 12.5. The summed E-state index contributed by atoms with van der Waals surface area (Å²) in [5, 5.41) is 3.04. The summed E-state index contributed by atoms with van der Waals surface area (Å²) in [6.07, 6.45) is 0.836. The minimum Gasteiger partial charge on any atom is -0.377 e. The number of aromatic nitrogens is 1. The predicted octanol–water partition coefficient (Wildman–Crippen LogP) is 1.10. The molecule has 114 valence electrons. The highest BCUT2D eigenvalue weighted by molar-refractivity contribution is 6.29. The zero-order valence-corrected chi connectivity index (χ0v) is 12.6. The van der Waals surface area contributed by atoms with Gasteiger partial charge in [-0.15, -0.1) is 0 Å². The quantitative estimate of drug-likeness (QED) is 0.845. The molecule has 1 aromatic heterocycles. The lowest BCUT2D eigenvalue weighted by atomic mass is 10.2. The molecule has 1 atom stereocenters. The van der Waals surface area contributed by atoms with Gasteiger partial charge in [-0.1, -0.05) is 24.6 Å². The van der Waals surface area contributed by atoms with E-state index >= 15 is 0 Å². The van der Waals surface area contributed by atoms with E-state index in [2.05, 4.69) is 10.3 Å². The van der Waals surface area contributed by atoms with E-state index in [4.69, 9.17) is 16.3 Å². The Balaban J connectivity index is 2.14. The Labute approximate surface area is 128 Å². The van der Waals surface area contributed by atoms with Gasteiger partial charge in [0.15, 0.2) is 0 Å². The topological polar surface area (TPSA) is 71.5 Å². The first-order chi connectivity index (χ1) is 10.1. The van der Waals surface area contributed by atoms with Crippen molar-refractivity contribution < 1.29 is 14.3 Å². The SMILES string of the molecule is CCCNC(=O)C1COCCN1C(=O)c1cccc(Cl)n1. The zero-order chi connectivity index (χ0) is 15.2. The molecule has 0 radical (unpaired) electrons.